The molecule has 0 aliphatic rings. The fraction of sp³-hybridized carbons (Fsp3) is 0.500. The highest BCUT2D eigenvalue weighted by Gasteiger charge is 2.40. The normalized spacial score (nSPS) is 12.6. The van der Waals surface area contributed by atoms with Crippen molar-refractivity contribution in [3.8, 4) is 0 Å². The Morgan fingerprint density at radius 2 is 1.75 bits per heavy atom. The molecule has 1 aromatic rings. The van der Waals surface area contributed by atoms with Crippen LogP contribution in [0.1, 0.15) is 44.5 Å². The Balaban J connectivity index is 2.81. The second-order valence-electron chi connectivity index (χ2n) is 5.11. The molecule has 0 spiro atoms. The first kappa shape index (κ1) is 16.2. The average molecular weight is 278 g/mol. The lowest BCUT2D eigenvalue weighted by Gasteiger charge is -2.30. The van der Waals surface area contributed by atoms with E-state index in [-0.39, 0.29) is 5.97 Å². The predicted octanol–water partition coefficient (Wildman–Crippen LogP) is 3.21. The standard InChI is InChI=1S/C16H22O4/c1-5-13(16(3,4)15(18)19-6-2)20-14(17)12-10-8-7-9-11-12/h7-11,13H,5-6H2,1-4H3. The third kappa shape index (κ3) is 3.83. The van der Waals surface area contributed by atoms with E-state index in [4.69, 9.17) is 9.47 Å². The summed E-state index contributed by atoms with van der Waals surface area (Å²) in [6.07, 6.45) is 0.0268. The molecule has 0 bridgehead atoms. The monoisotopic (exact) mass is 278 g/mol. The van der Waals surface area contributed by atoms with Crippen molar-refractivity contribution >= 4 is 11.9 Å². The van der Waals surface area contributed by atoms with E-state index in [1.54, 1.807) is 45.0 Å². The lowest BCUT2D eigenvalue weighted by Crippen LogP contribution is -2.41. The van der Waals surface area contributed by atoms with Crippen molar-refractivity contribution in [2.45, 2.75) is 40.2 Å². The summed E-state index contributed by atoms with van der Waals surface area (Å²) < 4.78 is 10.5. The summed E-state index contributed by atoms with van der Waals surface area (Å²) >= 11 is 0. The van der Waals surface area contributed by atoms with Gasteiger partial charge in [-0.05, 0) is 39.3 Å². The molecule has 0 saturated carbocycles. The summed E-state index contributed by atoms with van der Waals surface area (Å²) in [5, 5.41) is 0. The van der Waals surface area contributed by atoms with Crippen molar-refractivity contribution in [3.63, 3.8) is 0 Å². The molecule has 0 heterocycles. The van der Waals surface area contributed by atoms with Crippen molar-refractivity contribution in [1.82, 2.24) is 0 Å². The van der Waals surface area contributed by atoms with Gasteiger partial charge < -0.3 is 9.47 Å². The SMILES string of the molecule is CCOC(=O)C(C)(C)C(CC)OC(=O)c1ccccc1. The highest BCUT2D eigenvalue weighted by Crippen LogP contribution is 2.28. The van der Waals surface area contributed by atoms with Gasteiger partial charge in [0.25, 0.3) is 0 Å². The molecule has 1 rings (SSSR count). The second kappa shape index (κ2) is 7.08. The number of ether oxygens (including phenoxy) is 2. The Labute approximate surface area is 120 Å². The van der Waals surface area contributed by atoms with E-state index in [1.807, 2.05) is 13.0 Å². The molecule has 110 valence electrons. The smallest absolute Gasteiger partial charge is 0.338 e. The van der Waals surface area contributed by atoms with Crippen LogP contribution in [-0.4, -0.2) is 24.6 Å². The Morgan fingerprint density at radius 3 is 2.25 bits per heavy atom. The summed E-state index contributed by atoms with van der Waals surface area (Å²) in [6, 6.07) is 8.75. The first-order valence-electron chi connectivity index (χ1n) is 6.86. The molecule has 0 N–H and O–H groups in total. The van der Waals surface area contributed by atoms with Crippen LogP contribution in [0.15, 0.2) is 30.3 Å². The molecule has 0 radical (unpaired) electrons. The highest BCUT2D eigenvalue weighted by atomic mass is 16.6. The van der Waals surface area contributed by atoms with Gasteiger partial charge in [-0.1, -0.05) is 25.1 Å². The fourth-order valence-corrected chi connectivity index (χ4v) is 1.96. The van der Waals surface area contributed by atoms with Crippen LogP contribution in [-0.2, 0) is 14.3 Å². The number of hydrogen-bond donors (Lipinski definition) is 0. The molecule has 0 aromatic heterocycles. The third-order valence-corrected chi connectivity index (χ3v) is 3.24. The Bertz CT molecular complexity index is 451. The van der Waals surface area contributed by atoms with Crippen LogP contribution in [0.5, 0.6) is 0 Å². The van der Waals surface area contributed by atoms with Crippen LogP contribution >= 0.6 is 0 Å². The van der Waals surface area contributed by atoms with Crippen LogP contribution in [0.4, 0.5) is 0 Å². The molecular formula is C16H22O4. The Morgan fingerprint density at radius 1 is 1.15 bits per heavy atom. The summed E-state index contributed by atoms with van der Waals surface area (Å²) in [5.41, 5.74) is -0.388. The van der Waals surface area contributed by atoms with Crippen LogP contribution in [0.2, 0.25) is 0 Å². The van der Waals surface area contributed by atoms with E-state index in [9.17, 15) is 9.59 Å². The summed E-state index contributed by atoms with van der Waals surface area (Å²) in [4.78, 5) is 24.0. The fourth-order valence-electron chi connectivity index (χ4n) is 1.96. The van der Waals surface area contributed by atoms with E-state index < -0.39 is 17.5 Å². The maximum absolute atomic E-state index is 12.1. The Kier molecular flexibility index (Phi) is 5.74. The third-order valence-electron chi connectivity index (χ3n) is 3.24. The molecule has 1 unspecified atom stereocenters. The predicted molar refractivity (Wildman–Crippen MR) is 76.4 cm³/mol. The molecule has 4 heteroatoms. The van der Waals surface area contributed by atoms with Gasteiger partial charge in [0, 0.05) is 0 Å². The lowest BCUT2D eigenvalue weighted by atomic mass is 9.85. The average Bonchev–Trinajstić information content (AvgIpc) is 2.45. The zero-order valence-electron chi connectivity index (χ0n) is 12.5. The molecule has 0 fully saturated rings. The minimum Gasteiger partial charge on any atom is -0.465 e. The van der Waals surface area contributed by atoms with Gasteiger partial charge in [-0.2, -0.15) is 0 Å². The number of hydrogen-bond acceptors (Lipinski definition) is 4. The maximum atomic E-state index is 12.1. The second-order valence-corrected chi connectivity index (χ2v) is 5.11. The zero-order valence-corrected chi connectivity index (χ0v) is 12.5. The topological polar surface area (TPSA) is 52.6 Å². The van der Waals surface area contributed by atoms with Gasteiger partial charge in [-0.3, -0.25) is 4.79 Å². The molecule has 0 amide bonds. The van der Waals surface area contributed by atoms with Gasteiger partial charge >= 0.3 is 11.9 Å². The summed E-state index contributed by atoms with van der Waals surface area (Å²) in [7, 11) is 0. The van der Waals surface area contributed by atoms with Crippen molar-refractivity contribution in [3.05, 3.63) is 35.9 Å². The summed E-state index contributed by atoms with van der Waals surface area (Å²) in [6.45, 7) is 7.41. The molecule has 20 heavy (non-hydrogen) atoms. The minimum atomic E-state index is -0.866. The molecule has 0 aliphatic carbocycles. The van der Waals surface area contributed by atoms with Crippen LogP contribution in [0, 0.1) is 5.41 Å². The van der Waals surface area contributed by atoms with Crippen LogP contribution in [0.25, 0.3) is 0 Å². The van der Waals surface area contributed by atoms with Gasteiger partial charge in [-0.15, -0.1) is 0 Å². The highest BCUT2D eigenvalue weighted by molar-refractivity contribution is 5.89. The van der Waals surface area contributed by atoms with Gasteiger partial charge in [-0.25, -0.2) is 4.79 Å². The van der Waals surface area contributed by atoms with Gasteiger partial charge in [0.05, 0.1) is 17.6 Å². The van der Waals surface area contributed by atoms with Gasteiger partial charge in [0.2, 0.25) is 0 Å². The lowest BCUT2D eigenvalue weighted by molar-refractivity contribution is -0.160. The Hall–Kier alpha value is -1.84. The number of carbonyl (C=O) groups excluding carboxylic acids is 2. The van der Waals surface area contributed by atoms with Crippen molar-refractivity contribution in [1.29, 1.82) is 0 Å². The zero-order chi connectivity index (χ0) is 15.2. The molecule has 1 aromatic carbocycles. The van der Waals surface area contributed by atoms with Crippen LogP contribution < -0.4 is 0 Å². The number of carbonyl (C=O) groups is 2. The molecule has 4 nitrogen and oxygen atoms in total. The van der Waals surface area contributed by atoms with E-state index in [0.29, 0.717) is 18.6 Å². The van der Waals surface area contributed by atoms with Crippen molar-refractivity contribution in [2.24, 2.45) is 5.41 Å². The molecule has 0 aliphatic heterocycles. The molecule has 0 saturated heterocycles. The first-order valence-corrected chi connectivity index (χ1v) is 6.86. The van der Waals surface area contributed by atoms with E-state index in [1.165, 1.54) is 0 Å². The van der Waals surface area contributed by atoms with Crippen molar-refractivity contribution < 1.29 is 19.1 Å². The number of rotatable bonds is 6. The molecule has 1 atom stereocenters. The molecular weight excluding hydrogens is 256 g/mol. The number of esters is 2. The van der Waals surface area contributed by atoms with E-state index in [0.717, 1.165) is 0 Å². The minimum absolute atomic E-state index is 0.311. The van der Waals surface area contributed by atoms with Crippen LogP contribution in [0.3, 0.4) is 0 Å². The number of benzene rings is 1. The van der Waals surface area contributed by atoms with Gasteiger partial charge in [0.15, 0.2) is 0 Å². The first-order chi connectivity index (χ1) is 9.43. The largest absolute Gasteiger partial charge is 0.465 e. The van der Waals surface area contributed by atoms with Crippen molar-refractivity contribution in [2.75, 3.05) is 6.61 Å². The van der Waals surface area contributed by atoms with E-state index in [2.05, 4.69) is 0 Å². The van der Waals surface area contributed by atoms with E-state index >= 15 is 0 Å². The summed E-state index contributed by atoms with van der Waals surface area (Å²) in [5.74, 6) is -0.775. The maximum Gasteiger partial charge on any atom is 0.338 e. The van der Waals surface area contributed by atoms with Gasteiger partial charge in [0.1, 0.15) is 6.10 Å². The quantitative estimate of drug-likeness (QED) is 0.750.